The Morgan fingerprint density at radius 2 is 1.75 bits per heavy atom. The van der Waals surface area contributed by atoms with Crippen molar-refractivity contribution in [3.05, 3.63) is 41.5 Å². The van der Waals surface area contributed by atoms with Crippen LogP contribution in [-0.2, 0) is 20.9 Å². The van der Waals surface area contributed by atoms with Crippen LogP contribution in [0.25, 0.3) is 11.1 Å². The molecular formula is C29H37NO6. The molecule has 2 aromatic carbocycles. The van der Waals surface area contributed by atoms with E-state index < -0.39 is 11.5 Å². The molecule has 0 amide bonds. The third-order valence-electron chi connectivity index (χ3n) is 8.40. The molecule has 3 fully saturated rings. The van der Waals surface area contributed by atoms with Gasteiger partial charge in [0, 0.05) is 37.3 Å². The first-order valence-electron chi connectivity index (χ1n) is 12.9. The van der Waals surface area contributed by atoms with E-state index in [0.717, 1.165) is 52.3 Å². The van der Waals surface area contributed by atoms with Crippen LogP contribution in [0, 0.1) is 12.3 Å². The van der Waals surface area contributed by atoms with E-state index >= 15 is 0 Å². The summed E-state index contributed by atoms with van der Waals surface area (Å²) in [6.45, 7) is 3.30. The Hall–Kier alpha value is -2.77. The second-order valence-corrected chi connectivity index (χ2v) is 10.7. The van der Waals surface area contributed by atoms with E-state index in [9.17, 15) is 9.90 Å². The second-order valence-electron chi connectivity index (χ2n) is 10.7. The van der Waals surface area contributed by atoms with E-state index in [1.165, 1.54) is 19.3 Å². The maximum Gasteiger partial charge on any atom is 0.329 e. The number of carboxylic acid groups (broad SMARTS) is 1. The highest BCUT2D eigenvalue weighted by atomic mass is 16.5. The van der Waals surface area contributed by atoms with Gasteiger partial charge < -0.3 is 29.4 Å². The molecule has 5 rings (SSSR count). The minimum atomic E-state index is -1.03. The number of ether oxygens (including phenoxy) is 4. The molecule has 36 heavy (non-hydrogen) atoms. The van der Waals surface area contributed by atoms with E-state index in [-0.39, 0.29) is 6.10 Å². The Bertz CT molecular complexity index is 1090. The van der Waals surface area contributed by atoms with Gasteiger partial charge in [0.25, 0.3) is 0 Å². The summed E-state index contributed by atoms with van der Waals surface area (Å²) >= 11 is 0. The number of anilines is 1. The fourth-order valence-corrected chi connectivity index (χ4v) is 5.84. The van der Waals surface area contributed by atoms with E-state index in [4.69, 9.17) is 18.9 Å². The highest BCUT2D eigenvalue weighted by molar-refractivity contribution is 5.83. The zero-order chi connectivity index (χ0) is 25.3. The van der Waals surface area contributed by atoms with Crippen molar-refractivity contribution < 1.29 is 28.8 Å². The highest BCUT2D eigenvalue weighted by Gasteiger charge is 2.48. The van der Waals surface area contributed by atoms with Gasteiger partial charge in [0.15, 0.2) is 0 Å². The van der Waals surface area contributed by atoms with Crippen LogP contribution in [0.5, 0.6) is 11.5 Å². The Labute approximate surface area is 213 Å². The van der Waals surface area contributed by atoms with Gasteiger partial charge in [-0.3, -0.25) is 0 Å². The van der Waals surface area contributed by atoms with E-state index in [2.05, 4.69) is 5.32 Å². The number of carboxylic acids is 1. The van der Waals surface area contributed by atoms with E-state index in [0.29, 0.717) is 38.1 Å². The largest absolute Gasteiger partial charge is 0.496 e. The van der Waals surface area contributed by atoms with Crippen LogP contribution in [0.4, 0.5) is 5.69 Å². The van der Waals surface area contributed by atoms with Gasteiger partial charge in [-0.1, -0.05) is 6.07 Å². The lowest BCUT2D eigenvalue weighted by Gasteiger charge is -2.35. The van der Waals surface area contributed by atoms with Crippen molar-refractivity contribution in [2.24, 2.45) is 5.41 Å². The number of hydrogen-bond acceptors (Lipinski definition) is 6. The molecule has 0 unspecified atom stereocenters. The minimum Gasteiger partial charge on any atom is -0.496 e. The van der Waals surface area contributed by atoms with Gasteiger partial charge in [-0.05, 0) is 85.4 Å². The maximum atomic E-state index is 12.2. The lowest BCUT2D eigenvalue weighted by molar-refractivity contribution is -0.145. The fourth-order valence-electron chi connectivity index (χ4n) is 5.84. The topological polar surface area (TPSA) is 86.3 Å². The van der Waals surface area contributed by atoms with Gasteiger partial charge in [0.1, 0.15) is 17.0 Å². The first-order chi connectivity index (χ1) is 17.4. The summed E-state index contributed by atoms with van der Waals surface area (Å²) in [7, 11) is 3.32. The average Bonchev–Trinajstić information content (AvgIpc) is 3.53. The van der Waals surface area contributed by atoms with Crippen LogP contribution in [-0.4, -0.2) is 50.2 Å². The Morgan fingerprint density at radius 1 is 1.06 bits per heavy atom. The number of nitrogens with one attached hydrogen (secondary N) is 1. The molecule has 3 aliphatic rings. The monoisotopic (exact) mass is 495 g/mol. The van der Waals surface area contributed by atoms with Crippen LogP contribution in [0.3, 0.4) is 0 Å². The predicted molar refractivity (Wildman–Crippen MR) is 138 cm³/mol. The first-order valence-corrected chi connectivity index (χ1v) is 12.9. The van der Waals surface area contributed by atoms with E-state index in [1.807, 2.05) is 37.3 Å². The smallest absolute Gasteiger partial charge is 0.329 e. The Kier molecular flexibility index (Phi) is 6.88. The second kappa shape index (κ2) is 9.94. The van der Waals surface area contributed by atoms with Crippen molar-refractivity contribution in [1.29, 1.82) is 0 Å². The molecule has 7 heteroatoms. The van der Waals surface area contributed by atoms with Gasteiger partial charge in [-0.15, -0.1) is 0 Å². The van der Waals surface area contributed by atoms with Gasteiger partial charge in [0.05, 0.1) is 26.9 Å². The molecule has 2 aromatic rings. The first kappa shape index (κ1) is 24.9. The summed E-state index contributed by atoms with van der Waals surface area (Å²) in [5, 5.41) is 13.4. The van der Waals surface area contributed by atoms with Crippen LogP contribution in [0.15, 0.2) is 30.3 Å². The van der Waals surface area contributed by atoms with Gasteiger partial charge in [0.2, 0.25) is 0 Å². The van der Waals surface area contributed by atoms with Crippen molar-refractivity contribution in [2.75, 3.05) is 32.8 Å². The summed E-state index contributed by atoms with van der Waals surface area (Å²) in [4.78, 5) is 12.2. The third-order valence-corrected chi connectivity index (χ3v) is 8.40. The summed E-state index contributed by atoms with van der Waals surface area (Å²) in [5.74, 6) is 0.676. The lowest BCUT2D eigenvalue weighted by atomic mass is 9.89. The van der Waals surface area contributed by atoms with Crippen molar-refractivity contribution in [2.45, 2.75) is 70.1 Å². The third kappa shape index (κ3) is 4.91. The fraction of sp³-hybridized carbons (Fsp3) is 0.552. The van der Waals surface area contributed by atoms with Crippen molar-refractivity contribution in [3.8, 4) is 22.6 Å². The molecule has 7 nitrogen and oxygen atoms in total. The van der Waals surface area contributed by atoms with Crippen LogP contribution >= 0.6 is 0 Å². The summed E-state index contributed by atoms with van der Waals surface area (Å²) in [5.41, 5.74) is 4.25. The summed E-state index contributed by atoms with van der Waals surface area (Å²) < 4.78 is 23.1. The van der Waals surface area contributed by atoms with Crippen molar-refractivity contribution in [3.63, 3.8) is 0 Å². The standard InChI is InChI=1S/C29H37NO6/c1-19-25(33-2)15-20(16-26(19)34-3)24-5-4-22(30-29(27(31)32)10-12-35-13-11-29)14-21(24)18-36-23-6-7-28(17-23)8-9-28/h4-5,14-16,23,30H,6-13,17-18H2,1-3H3,(H,31,32)/t23-/m0/s1. The quantitative estimate of drug-likeness (QED) is 0.470. The van der Waals surface area contributed by atoms with Crippen LogP contribution in [0.2, 0.25) is 0 Å². The molecule has 1 aliphatic heterocycles. The number of aliphatic carboxylic acids is 1. The van der Waals surface area contributed by atoms with Gasteiger partial charge in [-0.25, -0.2) is 4.79 Å². The number of methoxy groups -OCH3 is 2. The van der Waals surface area contributed by atoms with Gasteiger partial charge in [-0.2, -0.15) is 0 Å². The molecule has 2 N–H and O–H groups in total. The molecular weight excluding hydrogens is 458 g/mol. The Morgan fingerprint density at radius 3 is 2.33 bits per heavy atom. The summed E-state index contributed by atoms with van der Waals surface area (Å²) in [6.07, 6.45) is 7.32. The van der Waals surface area contributed by atoms with Crippen molar-refractivity contribution in [1.82, 2.24) is 0 Å². The van der Waals surface area contributed by atoms with Crippen LogP contribution in [0.1, 0.15) is 56.1 Å². The Balaban J connectivity index is 1.47. The average molecular weight is 496 g/mol. The molecule has 2 aliphatic carbocycles. The normalized spacial score (nSPS) is 21.8. The number of carbonyl (C=O) groups is 1. The maximum absolute atomic E-state index is 12.2. The predicted octanol–water partition coefficient (Wildman–Crippen LogP) is 5.57. The molecule has 1 heterocycles. The molecule has 0 aromatic heterocycles. The zero-order valence-electron chi connectivity index (χ0n) is 21.5. The molecule has 2 saturated carbocycles. The molecule has 1 atom stereocenters. The molecule has 194 valence electrons. The van der Waals surface area contributed by atoms with Gasteiger partial charge >= 0.3 is 5.97 Å². The minimum absolute atomic E-state index is 0.278. The number of rotatable bonds is 9. The zero-order valence-corrected chi connectivity index (χ0v) is 21.5. The molecule has 0 bridgehead atoms. The number of benzene rings is 2. The SMILES string of the molecule is COc1cc(-c2ccc(NC3(C(=O)O)CCOCC3)cc2CO[C@H]2CCC3(CC3)C2)cc(OC)c1C. The molecule has 0 radical (unpaired) electrons. The van der Waals surface area contributed by atoms with E-state index in [1.54, 1.807) is 14.2 Å². The number of hydrogen-bond donors (Lipinski definition) is 2. The molecule has 1 saturated heterocycles. The lowest BCUT2D eigenvalue weighted by Crippen LogP contribution is -2.50. The highest BCUT2D eigenvalue weighted by Crippen LogP contribution is 2.58. The van der Waals surface area contributed by atoms with Crippen molar-refractivity contribution >= 4 is 11.7 Å². The molecule has 1 spiro atoms. The van der Waals surface area contributed by atoms with Crippen LogP contribution < -0.4 is 14.8 Å². The summed E-state index contributed by atoms with van der Waals surface area (Å²) in [6, 6.07) is 10.1.